The van der Waals surface area contributed by atoms with Gasteiger partial charge in [-0.2, -0.15) is 0 Å². The monoisotopic (exact) mass is 327 g/mol. The molecule has 1 aliphatic heterocycles. The van der Waals surface area contributed by atoms with Crippen LogP contribution < -0.4 is 20.1 Å². The molecule has 1 aromatic heterocycles. The molecule has 1 aromatic carbocycles. The maximum atomic E-state index is 11.8. The average molecular weight is 327 g/mol. The Bertz CT molecular complexity index is 714. The molecule has 0 saturated carbocycles. The van der Waals surface area contributed by atoms with Crippen LogP contribution in [0, 0.1) is 5.92 Å². The van der Waals surface area contributed by atoms with Gasteiger partial charge in [-0.1, -0.05) is 13.8 Å². The Morgan fingerprint density at radius 2 is 1.88 bits per heavy atom. The molecular weight excluding hydrogens is 306 g/mol. The highest BCUT2D eigenvalue weighted by atomic mass is 16.6. The fraction of sp³-hybridized carbons (Fsp3) is 0.333. The summed E-state index contributed by atoms with van der Waals surface area (Å²) in [5.41, 5.74) is 1.55. The Hall–Kier alpha value is -2.76. The van der Waals surface area contributed by atoms with Gasteiger partial charge in [0.25, 0.3) is 0 Å². The number of carbonyl (C=O) groups is 1. The largest absolute Gasteiger partial charge is 0.486 e. The Balaban J connectivity index is 1.63. The standard InChI is InChI=1S/C18H21N3O3/c1-12(2)9-18(22)21-14-4-6-17(19-11-14)20-13-3-5-15-16(10-13)24-8-7-23-15/h3-6,10-12H,7-9H2,1-2H3,(H,19,20)(H,21,22). The van der Waals surface area contributed by atoms with Crippen LogP contribution in [0.3, 0.4) is 0 Å². The predicted molar refractivity (Wildman–Crippen MR) is 93.0 cm³/mol. The molecule has 0 atom stereocenters. The summed E-state index contributed by atoms with van der Waals surface area (Å²) in [5, 5.41) is 6.05. The topological polar surface area (TPSA) is 72.5 Å². The summed E-state index contributed by atoms with van der Waals surface area (Å²) >= 11 is 0. The average Bonchev–Trinajstić information content (AvgIpc) is 2.56. The highest BCUT2D eigenvalue weighted by Gasteiger charge is 2.12. The molecule has 0 fully saturated rings. The summed E-state index contributed by atoms with van der Waals surface area (Å²) in [4.78, 5) is 16.1. The molecule has 24 heavy (non-hydrogen) atoms. The van der Waals surface area contributed by atoms with Crippen LogP contribution >= 0.6 is 0 Å². The lowest BCUT2D eigenvalue weighted by molar-refractivity contribution is -0.116. The zero-order valence-corrected chi connectivity index (χ0v) is 13.8. The van der Waals surface area contributed by atoms with E-state index in [0.717, 1.165) is 17.2 Å². The van der Waals surface area contributed by atoms with E-state index in [4.69, 9.17) is 9.47 Å². The molecule has 0 radical (unpaired) electrons. The van der Waals surface area contributed by atoms with Crippen molar-refractivity contribution < 1.29 is 14.3 Å². The van der Waals surface area contributed by atoms with Crippen LogP contribution in [0.25, 0.3) is 0 Å². The van der Waals surface area contributed by atoms with Crippen molar-refractivity contribution in [2.24, 2.45) is 5.92 Å². The second-order valence-electron chi connectivity index (χ2n) is 6.06. The quantitative estimate of drug-likeness (QED) is 0.878. The molecule has 2 heterocycles. The van der Waals surface area contributed by atoms with E-state index in [1.165, 1.54) is 0 Å². The van der Waals surface area contributed by atoms with Gasteiger partial charge in [-0.15, -0.1) is 0 Å². The minimum Gasteiger partial charge on any atom is -0.486 e. The van der Waals surface area contributed by atoms with Gasteiger partial charge in [0.1, 0.15) is 19.0 Å². The van der Waals surface area contributed by atoms with Crippen LogP contribution in [0.5, 0.6) is 11.5 Å². The summed E-state index contributed by atoms with van der Waals surface area (Å²) in [6.45, 7) is 5.15. The van der Waals surface area contributed by atoms with E-state index < -0.39 is 0 Å². The van der Waals surface area contributed by atoms with Crippen LogP contribution in [-0.2, 0) is 4.79 Å². The maximum absolute atomic E-state index is 11.8. The van der Waals surface area contributed by atoms with Crippen molar-refractivity contribution in [2.45, 2.75) is 20.3 Å². The van der Waals surface area contributed by atoms with Gasteiger partial charge in [-0.25, -0.2) is 4.98 Å². The highest BCUT2D eigenvalue weighted by molar-refractivity contribution is 5.90. The Labute approximate surface area is 141 Å². The van der Waals surface area contributed by atoms with Crippen LogP contribution in [0.2, 0.25) is 0 Å². The normalized spacial score (nSPS) is 12.8. The fourth-order valence-electron chi connectivity index (χ4n) is 2.39. The number of pyridine rings is 1. The number of nitrogens with zero attached hydrogens (tertiary/aromatic N) is 1. The fourth-order valence-corrected chi connectivity index (χ4v) is 2.39. The number of hydrogen-bond acceptors (Lipinski definition) is 5. The van der Waals surface area contributed by atoms with E-state index in [1.807, 2.05) is 44.2 Å². The number of amides is 1. The minimum atomic E-state index is -0.000606. The number of benzene rings is 1. The third kappa shape index (κ3) is 4.16. The number of hydrogen-bond donors (Lipinski definition) is 2. The number of aromatic nitrogens is 1. The van der Waals surface area contributed by atoms with Gasteiger partial charge in [0, 0.05) is 18.2 Å². The summed E-state index contributed by atoms with van der Waals surface area (Å²) in [6.07, 6.45) is 2.13. The predicted octanol–water partition coefficient (Wildman–Crippen LogP) is 3.58. The number of anilines is 3. The van der Waals surface area contributed by atoms with Crippen molar-refractivity contribution in [1.29, 1.82) is 0 Å². The SMILES string of the molecule is CC(C)CC(=O)Nc1ccc(Nc2ccc3c(c2)OCCO3)nc1. The molecule has 0 aliphatic carbocycles. The molecule has 0 saturated heterocycles. The molecule has 0 spiro atoms. The Morgan fingerprint density at radius 1 is 1.12 bits per heavy atom. The van der Waals surface area contributed by atoms with Crippen molar-refractivity contribution in [1.82, 2.24) is 4.98 Å². The first-order valence-corrected chi connectivity index (χ1v) is 8.03. The number of fused-ring (bicyclic) bond motifs is 1. The van der Waals surface area contributed by atoms with Gasteiger partial charge >= 0.3 is 0 Å². The van der Waals surface area contributed by atoms with Crippen molar-refractivity contribution in [3.8, 4) is 11.5 Å². The second-order valence-corrected chi connectivity index (χ2v) is 6.06. The molecule has 1 amide bonds. The molecule has 3 rings (SSSR count). The Morgan fingerprint density at radius 3 is 2.58 bits per heavy atom. The smallest absolute Gasteiger partial charge is 0.224 e. The molecule has 2 aromatic rings. The van der Waals surface area contributed by atoms with E-state index in [1.54, 1.807) is 6.20 Å². The lowest BCUT2D eigenvalue weighted by Crippen LogP contribution is -2.15. The number of carbonyl (C=O) groups excluding carboxylic acids is 1. The van der Waals surface area contributed by atoms with Crippen molar-refractivity contribution in [3.63, 3.8) is 0 Å². The highest BCUT2D eigenvalue weighted by Crippen LogP contribution is 2.33. The van der Waals surface area contributed by atoms with Gasteiger partial charge in [0.15, 0.2) is 11.5 Å². The lowest BCUT2D eigenvalue weighted by atomic mass is 10.1. The van der Waals surface area contributed by atoms with Crippen molar-refractivity contribution in [2.75, 3.05) is 23.8 Å². The first kappa shape index (κ1) is 16.1. The zero-order valence-electron chi connectivity index (χ0n) is 13.8. The molecule has 6 heteroatoms. The minimum absolute atomic E-state index is 0.000606. The molecule has 0 unspecified atom stereocenters. The first-order valence-electron chi connectivity index (χ1n) is 8.03. The molecule has 2 N–H and O–H groups in total. The first-order chi connectivity index (χ1) is 11.6. The maximum Gasteiger partial charge on any atom is 0.224 e. The van der Waals surface area contributed by atoms with E-state index in [0.29, 0.717) is 37.1 Å². The van der Waals surface area contributed by atoms with E-state index >= 15 is 0 Å². The Kier molecular flexibility index (Phi) is 4.84. The summed E-state index contributed by atoms with van der Waals surface area (Å²) < 4.78 is 11.1. The summed E-state index contributed by atoms with van der Waals surface area (Å²) in [5.74, 6) is 2.49. The number of ether oxygens (including phenoxy) is 2. The van der Waals surface area contributed by atoms with Gasteiger partial charge in [0.2, 0.25) is 5.91 Å². The van der Waals surface area contributed by atoms with E-state index in [9.17, 15) is 4.79 Å². The van der Waals surface area contributed by atoms with Gasteiger partial charge in [0.05, 0.1) is 11.9 Å². The van der Waals surface area contributed by atoms with Gasteiger partial charge < -0.3 is 20.1 Å². The molecular formula is C18H21N3O3. The van der Waals surface area contributed by atoms with E-state index in [2.05, 4.69) is 15.6 Å². The van der Waals surface area contributed by atoms with Crippen LogP contribution in [0.4, 0.5) is 17.2 Å². The molecule has 0 bridgehead atoms. The van der Waals surface area contributed by atoms with Crippen molar-refractivity contribution in [3.05, 3.63) is 36.5 Å². The van der Waals surface area contributed by atoms with Crippen molar-refractivity contribution >= 4 is 23.1 Å². The summed E-state index contributed by atoms with van der Waals surface area (Å²) in [6, 6.07) is 9.31. The van der Waals surface area contributed by atoms with Gasteiger partial charge in [-0.3, -0.25) is 4.79 Å². The number of rotatable bonds is 5. The molecule has 6 nitrogen and oxygen atoms in total. The zero-order chi connectivity index (χ0) is 16.9. The number of nitrogens with one attached hydrogen (secondary N) is 2. The van der Waals surface area contributed by atoms with E-state index in [-0.39, 0.29) is 5.91 Å². The van der Waals surface area contributed by atoms with Gasteiger partial charge in [-0.05, 0) is 30.2 Å². The van der Waals surface area contributed by atoms with Crippen LogP contribution in [0.1, 0.15) is 20.3 Å². The molecule has 126 valence electrons. The third-order valence-electron chi connectivity index (χ3n) is 3.46. The lowest BCUT2D eigenvalue weighted by Gasteiger charge is -2.19. The third-order valence-corrected chi connectivity index (χ3v) is 3.46. The summed E-state index contributed by atoms with van der Waals surface area (Å²) in [7, 11) is 0. The molecule has 1 aliphatic rings. The van der Waals surface area contributed by atoms with Crippen LogP contribution in [-0.4, -0.2) is 24.1 Å². The second kappa shape index (κ2) is 7.21. The van der Waals surface area contributed by atoms with Crippen LogP contribution in [0.15, 0.2) is 36.5 Å².